The molecule has 0 saturated carbocycles. The van der Waals surface area contributed by atoms with E-state index >= 15 is 0 Å². The van der Waals surface area contributed by atoms with Crippen molar-refractivity contribution in [3.05, 3.63) is 22.3 Å². The molecule has 4 heteroatoms. The van der Waals surface area contributed by atoms with Crippen LogP contribution in [0, 0.1) is 6.92 Å². The number of hydrogen-bond acceptors (Lipinski definition) is 2. The van der Waals surface area contributed by atoms with Gasteiger partial charge in [-0.15, -0.1) is 11.6 Å². The molecular formula is C11H14BrClN2. The third kappa shape index (κ3) is 2.45. The molecule has 0 spiro atoms. The van der Waals surface area contributed by atoms with Crippen molar-refractivity contribution in [3.8, 4) is 0 Å². The summed E-state index contributed by atoms with van der Waals surface area (Å²) in [4.78, 5) is 6.73. The molecular weight excluding hydrogens is 275 g/mol. The fraction of sp³-hybridized carbons (Fsp3) is 0.545. The minimum absolute atomic E-state index is 0.338. The van der Waals surface area contributed by atoms with Crippen molar-refractivity contribution < 1.29 is 0 Å². The van der Waals surface area contributed by atoms with E-state index in [0.29, 0.717) is 5.38 Å². The average molecular weight is 290 g/mol. The van der Waals surface area contributed by atoms with Crippen molar-refractivity contribution in [3.63, 3.8) is 0 Å². The summed E-state index contributed by atoms with van der Waals surface area (Å²) in [6.45, 7) is 4.09. The first-order valence-electron chi connectivity index (χ1n) is 5.18. The Morgan fingerprint density at radius 1 is 1.47 bits per heavy atom. The Kier molecular flexibility index (Phi) is 3.52. The maximum atomic E-state index is 6.08. The number of halogens is 2. The van der Waals surface area contributed by atoms with Gasteiger partial charge < -0.3 is 4.90 Å². The van der Waals surface area contributed by atoms with Gasteiger partial charge in [0, 0.05) is 24.7 Å². The van der Waals surface area contributed by atoms with Crippen molar-refractivity contribution in [2.24, 2.45) is 0 Å². The summed E-state index contributed by atoms with van der Waals surface area (Å²) in [6, 6.07) is 2.02. The molecule has 1 fully saturated rings. The Balaban J connectivity index is 2.19. The number of aromatic nitrogens is 1. The van der Waals surface area contributed by atoms with Crippen LogP contribution in [0.2, 0.25) is 0 Å². The highest BCUT2D eigenvalue weighted by atomic mass is 79.9. The molecule has 0 aliphatic carbocycles. The number of aryl methyl sites for hydroxylation is 1. The van der Waals surface area contributed by atoms with Gasteiger partial charge in [-0.3, -0.25) is 0 Å². The SMILES string of the molecule is Cc1ccnc(N2CCC(Cl)CC2)c1Br. The fourth-order valence-electron chi connectivity index (χ4n) is 1.81. The first-order chi connectivity index (χ1) is 7.18. The maximum Gasteiger partial charge on any atom is 0.143 e. The smallest absolute Gasteiger partial charge is 0.143 e. The van der Waals surface area contributed by atoms with Crippen LogP contribution in [0.25, 0.3) is 0 Å². The van der Waals surface area contributed by atoms with Gasteiger partial charge in [0.15, 0.2) is 0 Å². The quantitative estimate of drug-likeness (QED) is 0.737. The summed E-state index contributed by atoms with van der Waals surface area (Å²) >= 11 is 9.68. The summed E-state index contributed by atoms with van der Waals surface area (Å²) in [5, 5.41) is 0.338. The third-order valence-electron chi connectivity index (χ3n) is 2.79. The maximum absolute atomic E-state index is 6.08. The Morgan fingerprint density at radius 3 is 2.80 bits per heavy atom. The predicted molar refractivity (Wildman–Crippen MR) is 67.8 cm³/mol. The van der Waals surface area contributed by atoms with Crippen molar-refractivity contribution in [2.45, 2.75) is 25.1 Å². The minimum Gasteiger partial charge on any atom is -0.356 e. The molecule has 1 aliphatic rings. The van der Waals surface area contributed by atoms with E-state index in [1.807, 2.05) is 12.3 Å². The van der Waals surface area contributed by atoms with Crippen LogP contribution >= 0.6 is 27.5 Å². The highest BCUT2D eigenvalue weighted by molar-refractivity contribution is 9.10. The molecule has 82 valence electrons. The van der Waals surface area contributed by atoms with Crippen LogP contribution < -0.4 is 4.90 Å². The number of hydrogen-bond donors (Lipinski definition) is 0. The second kappa shape index (κ2) is 4.71. The Labute approximate surface area is 104 Å². The molecule has 0 N–H and O–H groups in total. The molecule has 2 heterocycles. The van der Waals surface area contributed by atoms with Crippen LogP contribution in [0.3, 0.4) is 0 Å². The molecule has 1 aromatic heterocycles. The van der Waals surface area contributed by atoms with Crippen molar-refractivity contribution in [1.82, 2.24) is 4.98 Å². The normalized spacial score (nSPS) is 18.2. The van der Waals surface area contributed by atoms with E-state index in [4.69, 9.17) is 11.6 Å². The van der Waals surface area contributed by atoms with Crippen LogP contribution in [0.1, 0.15) is 18.4 Å². The second-order valence-electron chi connectivity index (χ2n) is 3.93. The fourth-order valence-corrected chi connectivity index (χ4v) is 2.49. The molecule has 0 aromatic carbocycles. The summed E-state index contributed by atoms with van der Waals surface area (Å²) in [5.41, 5.74) is 1.23. The number of alkyl halides is 1. The molecule has 0 amide bonds. The summed E-state index contributed by atoms with van der Waals surface area (Å²) < 4.78 is 1.11. The van der Waals surface area contributed by atoms with E-state index in [9.17, 15) is 0 Å². The highest BCUT2D eigenvalue weighted by Crippen LogP contribution is 2.29. The van der Waals surface area contributed by atoms with E-state index in [-0.39, 0.29) is 0 Å². The van der Waals surface area contributed by atoms with Crippen LogP contribution in [0.5, 0.6) is 0 Å². The molecule has 1 saturated heterocycles. The lowest BCUT2D eigenvalue weighted by Gasteiger charge is -2.31. The molecule has 2 rings (SSSR count). The van der Waals surface area contributed by atoms with Crippen LogP contribution in [-0.2, 0) is 0 Å². The highest BCUT2D eigenvalue weighted by Gasteiger charge is 2.20. The zero-order chi connectivity index (χ0) is 10.8. The van der Waals surface area contributed by atoms with Gasteiger partial charge in [-0.25, -0.2) is 4.98 Å². The van der Waals surface area contributed by atoms with Crippen molar-refractivity contribution >= 4 is 33.3 Å². The second-order valence-corrected chi connectivity index (χ2v) is 5.34. The molecule has 0 atom stereocenters. The van der Waals surface area contributed by atoms with E-state index in [2.05, 4.69) is 32.7 Å². The lowest BCUT2D eigenvalue weighted by molar-refractivity contribution is 0.579. The minimum atomic E-state index is 0.338. The molecule has 1 aliphatic heterocycles. The van der Waals surface area contributed by atoms with E-state index in [1.165, 1.54) is 5.56 Å². The lowest BCUT2D eigenvalue weighted by atomic mass is 10.1. The van der Waals surface area contributed by atoms with E-state index < -0.39 is 0 Å². The zero-order valence-corrected chi connectivity index (χ0v) is 11.1. The molecule has 15 heavy (non-hydrogen) atoms. The first kappa shape index (κ1) is 11.2. The standard InChI is InChI=1S/C11H14BrClN2/c1-8-2-5-14-11(10(8)12)15-6-3-9(13)4-7-15/h2,5,9H,3-4,6-7H2,1H3. The number of pyridine rings is 1. The Hall–Kier alpha value is -0.280. The predicted octanol–water partition coefficient (Wildman–Crippen LogP) is 3.36. The third-order valence-corrected chi connectivity index (χ3v) is 4.20. The Bertz CT molecular complexity index is 348. The van der Waals surface area contributed by atoms with Gasteiger partial charge in [0.2, 0.25) is 0 Å². The average Bonchev–Trinajstić information content (AvgIpc) is 2.24. The van der Waals surface area contributed by atoms with Gasteiger partial charge in [-0.1, -0.05) is 0 Å². The molecule has 1 aromatic rings. The zero-order valence-electron chi connectivity index (χ0n) is 8.71. The topological polar surface area (TPSA) is 16.1 Å². The van der Waals surface area contributed by atoms with Crippen LogP contribution in [-0.4, -0.2) is 23.5 Å². The van der Waals surface area contributed by atoms with E-state index in [1.54, 1.807) is 0 Å². The number of nitrogens with zero attached hydrogens (tertiary/aromatic N) is 2. The van der Waals surface area contributed by atoms with Gasteiger partial charge >= 0.3 is 0 Å². The van der Waals surface area contributed by atoms with Crippen molar-refractivity contribution in [2.75, 3.05) is 18.0 Å². The first-order valence-corrected chi connectivity index (χ1v) is 6.41. The largest absolute Gasteiger partial charge is 0.356 e. The lowest BCUT2D eigenvalue weighted by Crippen LogP contribution is -2.34. The van der Waals surface area contributed by atoms with Gasteiger partial charge in [-0.2, -0.15) is 0 Å². The van der Waals surface area contributed by atoms with Gasteiger partial charge in [-0.05, 0) is 47.3 Å². The summed E-state index contributed by atoms with van der Waals surface area (Å²) in [5.74, 6) is 1.05. The number of rotatable bonds is 1. The van der Waals surface area contributed by atoms with Gasteiger partial charge in [0.1, 0.15) is 5.82 Å². The number of piperidine rings is 1. The molecule has 0 unspecified atom stereocenters. The molecule has 0 bridgehead atoms. The molecule has 0 radical (unpaired) electrons. The van der Waals surface area contributed by atoms with Crippen LogP contribution in [0.15, 0.2) is 16.7 Å². The monoisotopic (exact) mass is 288 g/mol. The number of anilines is 1. The summed E-state index contributed by atoms with van der Waals surface area (Å²) in [6.07, 6.45) is 3.95. The van der Waals surface area contributed by atoms with Gasteiger partial charge in [0.25, 0.3) is 0 Å². The van der Waals surface area contributed by atoms with Gasteiger partial charge in [0.05, 0.1) is 4.47 Å². The van der Waals surface area contributed by atoms with E-state index in [0.717, 1.165) is 36.2 Å². The van der Waals surface area contributed by atoms with Crippen LogP contribution in [0.4, 0.5) is 5.82 Å². The summed E-state index contributed by atoms with van der Waals surface area (Å²) in [7, 11) is 0. The molecule has 2 nitrogen and oxygen atoms in total. The Morgan fingerprint density at radius 2 is 2.13 bits per heavy atom. The van der Waals surface area contributed by atoms with Crippen molar-refractivity contribution in [1.29, 1.82) is 0 Å².